The van der Waals surface area contributed by atoms with Crippen LogP contribution in [0, 0.1) is 0 Å². The fourth-order valence-corrected chi connectivity index (χ4v) is 4.19. The van der Waals surface area contributed by atoms with E-state index in [0.29, 0.717) is 16.8 Å². The molecule has 2 aromatic carbocycles. The Bertz CT molecular complexity index is 1320. The van der Waals surface area contributed by atoms with Crippen LogP contribution in [0.5, 0.6) is 5.75 Å². The van der Waals surface area contributed by atoms with Crippen molar-refractivity contribution in [3.63, 3.8) is 0 Å². The standard InChI is InChI=1S/C26H29N3O4.Ni/c1-5-6-7-10-16-27(23-11-8-9-12-25(23)33-4)17-15-21-13-14-22-24(18-21)29(20(3)31)26(32)28(22)19(2)30;/h8-9,11-15,17-18H,5-7,10H2,1-4H3;. The number of rotatable bonds is 9. The third-order valence-electron chi connectivity index (χ3n) is 5.47. The third-order valence-corrected chi connectivity index (χ3v) is 5.96. The summed E-state index contributed by atoms with van der Waals surface area (Å²) < 4.78 is 8.38. The van der Waals surface area contributed by atoms with E-state index >= 15 is 0 Å². The molecule has 0 saturated heterocycles. The summed E-state index contributed by atoms with van der Waals surface area (Å²) in [6, 6.07) is 12.9. The number of anilines is 1. The summed E-state index contributed by atoms with van der Waals surface area (Å²) >= 11 is 5.40. The Balaban J connectivity index is 2.06. The summed E-state index contributed by atoms with van der Waals surface area (Å²) in [5, 5.41) is 0. The zero-order valence-corrected chi connectivity index (χ0v) is 20.8. The van der Waals surface area contributed by atoms with Gasteiger partial charge in [-0.3, -0.25) is 0 Å². The van der Waals surface area contributed by atoms with Gasteiger partial charge in [0, 0.05) is 0 Å². The normalized spacial score (nSPS) is 11.2. The molecule has 34 heavy (non-hydrogen) atoms. The van der Waals surface area contributed by atoms with E-state index in [1.54, 1.807) is 25.3 Å². The van der Waals surface area contributed by atoms with Crippen molar-refractivity contribution in [2.45, 2.75) is 46.5 Å². The molecule has 0 fully saturated rings. The molecule has 0 radical (unpaired) electrons. The number of carbonyl (C=O) groups is 2. The molecule has 0 aliphatic heterocycles. The van der Waals surface area contributed by atoms with Crippen molar-refractivity contribution >= 4 is 39.2 Å². The second-order valence-electron chi connectivity index (χ2n) is 7.89. The Labute approximate surface area is 206 Å². The molecule has 0 amide bonds. The van der Waals surface area contributed by atoms with Crippen LogP contribution in [0.25, 0.3) is 17.1 Å². The van der Waals surface area contributed by atoms with Crippen LogP contribution in [-0.2, 0) is 15.0 Å². The van der Waals surface area contributed by atoms with Gasteiger partial charge in [-0.15, -0.1) is 0 Å². The fraction of sp³-hybridized carbons (Fsp3) is 0.308. The van der Waals surface area contributed by atoms with Crippen LogP contribution < -0.4 is 15.3 Å². The van der Waals surface area contributed by atoms with E-state index in [4.69, 9.17) is 19.8 Å². The Hall–Kier alpha value is -3.25. The molecule has 8 heteroatoms. The summed E-state index contributed by atoms with van der Waals surface area (Å²) in [4.78, 5) is 38.7. The molecule has 7 nitrogen and oxygen atoms in total. The number of aromatic nitrogens is 2. The molecule has 0 unspecified atom stereocenters. The number of benzene rings is 2. The first-order valence-electron chi connectivity index (χ1n) is 11.2. The number of imidazole rings is 1. The summed E-state index contributed by atoms with van der Waals surface area (Å²) in [5.74, 6) is -0.193. The van der Waals surface area contributed by atoms with E-state index in [2.05, 4.69) is 6.92 Å². The van der Waals surface area contributed by atoms with Gasteiger partial charge in [0.2, 0.25) is 0 Å². The molecule has 3 aromatic rings. The number of carbonyl (C=O) groups excluding carboxylic acids is 2. The number of para-hydroxylation sites is 2. The van der Waals surface area contributed by atoms with Crippen molar-refractivity contribution in [3.05, 3.63) is 64.7 Å². The molecule has 1 aromatic heterocycles. The minimum absolute atomic E-state index is 0.382. The van der Waals surface area contributed by atoms with Gasteiger partial charge < -0.3 is 0 Å². The van der Waals surface area contributed by atoms with Crippen LogP contribution >= 0.6 is 0 Å². The van der Waals surface area contributed by atoms with E-state index in [1.807, 2.05) is 41.4 Å². The molecule has 3 rings (SSSR count). The monoisotopic (exact) mass is 505 g/mol. The third kappa shape index (κ3) is 5.28. The topological polar surface area (TPSA) is 73.5 Å². The SMILES string of the molecule is CCCCC[C](=[Ni])N(C=Cc1ccc2c(c1)n(C(C)=O)c(=O)n2C(C)=O)c1ccccc1OC. The zero-order valence-electron chi connectivity index (χ0n) is 19.8. The predicted octanol–water partition coefficient (Wildman–Crippen LogP) is 4.87. The van der Waals surface area contributed by atoms with Gasteiger partial charge in [0.25, 0.3) is 0 Å². The van der Waals surface area contributed by atoms with Crippen LogP contribution in [0.15, 0.2) is 53.5 Å². The first kappa shape index (κ1) is 25.4. The van der Waals surface area contributed by atoms with Gasteiger partial charge in [-0.2, -0.15) is 0 Å². The van der Waals surface area contributed by atoms with Gasteiger partial charge >= 0.3 is 207 Å². The predicted molar refractivity (Wildman–Crippen MR) is 132 cm³/mol. The molecule has 0 atom stereocenters. The van der Waals surface area contributed by atoms with Gasteiger partial charge in [-0.05, 0) is 0 Å². The van der Waals surface area contributed by atoms with Crippen molar-refractivity contribution in [2.24, 2.45) is 0 Å². The van der Waals surface area contributed by atoms with Crippen molar-refractivity contribution in [2.75, 3.05) is 12.0 Å². The molecule has 182 valence electrons. The van der Waals surface area contributed by atoms with Crippen molar-refractivity contribution < 1.29 is 29.4 Å². The average molecular weight is 506 g/mol. The van der Waals surface area contributed by atoms with Crippen molar-refractivity contribution in [1.29, 1.82) is 0 Å². The fourth-order valence-electron chi connectivity index (χ4n) is 3.83. The average Bonchev–Trinajstić information content (AvgIpc) is 3.11. The summed E-state index contributed by atoms with van der Waals surface area (Å²) in [7, 11) is 1.62. The summed E-state index contributed by atoms with van der Waals surface area (Å²) in [5.41, 5.74) is 1.70. The number of methoxy groups -OCH3 is 1. The van der Waals surface area contributed by atoms with E-state index in [-0.39, 0.29) is 0 Å². The second kappa shape index (κ2) is 11.3. The number of unbranched alkanes of at least 4 members (excludes halogenated alkanes) is 2. The Morgan fingerprint density at radius 1 is 1.03 bits per heavy atom. The van der Waals surface area contributed by atoms with Crippen molar-refractivity contribution in [3.8, 4) is 5.75 Å². The number of ether oxygens (including phenoxy) is 1. The van der Waals surface area contributed by atoms with Gasteiger partial charge in [-0.1, -0.05) is 0 Å². The summed E-state index contributed by atoms with van der Waals surface area (Å²) in [6.45, 7) is 4.75. The molecule has 0 bridgehead atoms. The molecule has 1 heterocycles. The molecule has 0 aliphatic carbocycles. The maximum absolute atomic E-state index is 12.6. The quantitative estimate of drug-likeness (QED) is 0.306. The zero-order chi connectivity index (χ0) is 24.8. The first-order chi connectivity index (χ1) is 16.3. The van der Waals surface area contributed by atoms with E-state index in [9.17, 15) is 14.4 Å². The molecular weight excluding hydrogens is 477 g/mol. The van der Waals surface area contributed by atoms with Gasteiger partial charge in [0.15, 0.2) is 0 Å². The molecule has 0 saturated carbocycles. The Morgan fingerprint density at radius 2 is 1.71 bits per heavy atom. The van der Waals surface area contributed by atoms with Gasteiger partial charge in [-0.25, -0.2) is 0 Å². The summed E-state index contributed by atoms with van der Waals surface area (Å²) in [6.07, 6.45) is 7.73. The van der Waals surface area contributed by atoms with E-state index in [0.717, 1.165) is 50.7 Å². The van der Waals surface area contributed by atoms with Crippen LogP contribution in [-0.4, -0.2) is 32.7 Å². The molecular formula is C26H29N3NiO4. The number of fused-ring (bicyclic) bond motifs is 1. The van der Waals surface area contributed by atoms with Gasteiger partial charge in [0.1, 0.15) is 0 Å². The minimum atomic E-state index is -0.661. The van der Waals surface area contributed by atoms with Crippen molar-refractivity contribution in [1.82, 2.24) is 9.13 Å². The second-order valence-corrected chi connectivity index (χ2v) is 8.46. The molecule has 0 aliphatic rings. The maximum atomic E-state index is 12.6. The van der Waals surface area contributed by atoms with Crippen LogP contribution in [0.3, 0.4) is 0 Å². The van der Waals surface area contributed by atoms with E-state index < -0.39 is 17.5 Å². The Kier molecular flexibility index (Phi) is 8.40. The molecule has 0 spiro atoms. The van der Waals surface area contributed by atoms with Crippen LogP contribution in [0.1, 0.15) is 61.6 Å². The van der Waals surface area contributed by atoms with Gasteiger partial charge in [0.05, 0.1) is 0 Å². The van der Waals surface area contributed by atoms with Crippen LogP contribution in [0.2, 0.25) is 0 Å². The number of hydrogen-bond donors (Lipinski definition) is 0. The Morgan fingerprint density at radius 3 is 2.35 bits per heavy atom. The number of nitrogens with zero attached hydrogens (tertiary/aromatic N) is 3. The first-order valence-corrected chi connectivity index (χ1v) is 11.7. The number of hydrogen-bond acceptors (Lipinski definition) is 5. The van der Waals surface area contributed by atoms with Crippen LogP contribution in [0.4, 0.5) is 5.69 Å². The molecule has 0 N–H and O–H groups in total. The van der Waals surface area contributed by atoms with E-state index in [1.165, 1.54) is 13.8 Å².